The highest BCUT2D eigenvalue weighted by atomic mass is 16.5. The molecule has 0 spiro atoms. The molecule has 0 aliphatic heterocycles. The van der Waals surface area contributed by atoms with Gasteiger partial charge in [-0.1, -0.05) is 19.9 Å². The first-order chi connectivity index (χ1) is 14.8. The van der Waals surface area contributed by atoms with E-state index in [1.807, 2.05) is 65.3 Å². The third-order valence-electron chi connectivity index (χ3n) is 5.02. The van der Waals surface area contributed by atoms with Crippen LogP contribution in [0.15, 0.2) is 67.1 Å². The van der Waals surface area contributed by atoms with Crippen molar-refractivity contribution in [3.05, 3.63) is 67.1 Å². The number of aromatic nitrogens is 4. The van der Waals surface area contributed by atoms with Gasteiger partial charge in [0.2, 0.25) is 5.95 Å². The average Bonchev–Trinajstić information content (AvgIpc) is 3.22. The smallest absolute Gasteiger partial charge is 0.227 e. The molecule has 30 heavy (non-hydrogen) atoms. The van der Waals surface area contributed by atoms with Crippen molar-refractivity contribution in [2.45, 2.75) is 13.8 Å². The van der Waals surface area contributed by atoms with Gasteiger partial charge in [-0.3, -0.25) is 4.40 Å². The van der Waals surface area contributed by atoms with Crippen LogP contribution in [0.1, 0.15) is 13.8 Å². The van der Waals surface area contributed by atoms with Crippen molar-refractivity contribution in [1.82, 2.24) is 24.3 Å². The third kappa shape index (κ3) is 4.58. The molecule has 4 rings (SSSR count). The van der Waals surface area contributed by atoms with Crippen molar-refractivity contribution in [2.75, 3.05) is 31.6 Å². The molecule has 0 aliphatic rings. The summed E-state index contributed by atoms with van der Waals surface area (Å²) in [5.74, 6) is 1.39. The van der Waals surface area contributed by atoms with Crippen LogP contribution < -0.4 is 10.1 Å². The number of imidazole rings is 1. The minimum atomic E-state index is 0.536. The zero-order valence-electron chi connectivity index (χ0n) is 17.3. The van der Waals surface area contributed by atoms with Gasteiger partial charge in [-0.2, -0.15) is 0 Å². The summed E-state index contributed by atoms with van der Waals surface area (Å²) in [6.45, 7) is 8.01. The van der Waals surface area contributed by atoms with Crippen molar-refractivity contribution in [2.24, 2.45) is 0 Å². The lowest BCUT2D eigenvalue weighted by molar-refractivity contribution is 0.223. The topological polar surface area (TPSA) is 67.6 Å². The molecule has 0 amide bonds. The van der Waals surface area contributed by atoms with Crippen molar-refractivity contribution in [3.63, 3.8) is 0 Å². The van der Waals surface area contributed by atoms with Crippen LogP contribution in [0.2, 0.25) is 0 Å². The molecule has 3 heterocycles. The first-order valence-corrected chi connectivity index (χ1v) is 10.2. The Bertz CT molecular complexity index is 1090. The van der Waals surface area contributed by atoms with Crippen LogP contribution >= 0.6 is 0 Å². The summed E-state index contributed by atoms with van der Waals surface area (Å²) in [6.07, 6.45) is 5.55. The lowest BCUT2D eigenvalue weighted by Crippen LogP contribution is -2.27. The zero-order valence-corrected chi connectivity index (χ0v) is 17.3. The van der Waals surface area contributed by atoms with Crippen LogP contribution in [0.25, 0.3) is 17.0 Å². The Morgan fingerprint density at radius 2 is 1.83 bits per heavy atom. The van der Waals surface area contributed by atoms with Gasteiger partial charge in [0.25, 0.3) is 0 Å². The lowest BCUT2D eigenvalue weighted by atomic mass is 10.3. The highest BCUT2D eigenvalue weighted by molar-refractivity contribution is 5.62. The Balaban J connectivity index is 1.42. The van der Waals surface area contributed by atoms with Gasteiger partial charge in [0.1, 0.15) is 18.0 Å². The molecule has 0 bridgehead atoms. The second kappa shape index (κ2) is 9.37. The van der Waals surface area contributed by atoms with E-state index in [1.54, 1.807) is 6.20 Å². The summed E-state index contributed by atoms with van der Waals surface area (Å²) < 4.78 is 7.85. The maximum absolute atomic E-state index is 5.84. The molecule has 1 aromatic carbocycles. The molecule has 0 saturated heterocycles. The van der Waals surface area contributed by atoms with E-state index < -0.39 is 0 Å². The maximum atomic E-state index is 5.84. The quantitative estimate of drug-likeness (QED) is 0.451. The predicted molar refractivity (Wildman–Crippen MR) is 119 cm³/mol. The molecule has 0 atom stereocenters. The van der Waals surface area contributed by atoms with E-state index in [2.05, 4.69) is 39.0 Å². The first-order valence-electron chi connectivity index (χ1n) is 10.2. The van der Waals surface area contributed by atoms with Gasteiger partial charge in [-0.15, -0.1) is 0 Å². The Kier molecular flexibility index (Phi) is 6.20. The summed E-state index contributed by atoms with van der Waals surface area (Å²) in [4.78, 5) is 15.8. The van der Waals surface area contributed by atoms with Crippen molar-refractivity contribution >= 4 is 17.3 Å². The van der Waals surface area contributed by atoms with Gasteiger partial charge in [-0.05, 0) is 55.6 Å². The van der Waals surface area contributed by atoms with Gasteiger partial charge in [0.05, 0.1) is 17.6 Å². The molecule has 0 unspecified atom stereocenters. The minimum Gasteiger partial charge on any atom is -0.492 e. The summed E-state index contributed by atoms with van der Waals surface area (Å²) >= 11 is 0. The van der Waals surface area contributed by atoms with Gasteiger partial charge in [0, 0.05) is 24.6 Å². The average molecular weight is 403 g/mol. The van der Waals surface area contributed by atoms with Crippen LogP contribution in [0, 0.1) is 0 Å². The maximum Gasteiger partial charge on any atom is 0.227 e. The SMILES string of the molecule is CCN(CC)CCOc1ccc(Nc2nccc(-c3cnc4ccccn34)n2)cc1. The van der Waals surface area contributed by atoms with E-state index in [-0.39, 0.29) is 0 Å². The van der Waals surface area contributed by atoms with Crippen LogP contribution in [-0.4, -0.2) is 50.5 Å². The van der Waals surface area contributed by atoms with Gasteiger partial charge in [0.15, 0.2) is 0 Å². The molecule has 7 nitrogen and oxygen atoms in total. The summed E-state index contributed by atoms with van der Waals surface area (Å²) in [5, 5.41) is 3.26. The molecule has 7 heteroatoms. The summed E-state index contributed by atoms with van der Waals surface area (Å²) in [5.41, 5.74) is 3.52. The van der Waals surface area contributed by atoms with Crippen LogP contribution in [0.4, 0.5) is 11.6 Å². The number of ether oxygens (including phenoxy) is 1. The summed E-state index contributed by atoms with van der Waals surface area (Å²) in [6, 6.07) is 15.6. The third-order valence-corrected chi connectivity index (χ3v) is 5.02. The second-order valence-corrected chi connectivity index (χ2v) is 6.86. The van der Waals surface area contributed by atoms with Gasteiger partial charge < -0.3 is 15.0 Å². The normalized spacial score (nSPS) is 11.2. The molecular weight excluding hydrogens is 376 g/mol. The Morgan fingerprint density at radius 1 is 1.00 bits per heavy atom. The molecule has 154 valence electrons. The first kappa shape index (κ1) is 19.8. The molecule has 4 aromatic rings. The number of nitrogens with zero attached hydrogens (tertiary/aromatic N) is 5. The standard InChI is InChI=1S/C23H26N6O/c1-3-28(4-2)15-16-30-19-10-8-18(9-11-19)26-23-24-13-12-20(27-23)21-17-25-22-7-5-6-14-29(21)22/h5-14,17H,3-4,15-16H2,1-2H3,(H,24,26,27). The number of hydrogen-bond acceptors (Lipinski definition) is 6. The number of hydrogen-bond donors (Lipinski definition) is 1. The fraction of sp³-hybridized carbons (Fsp3) is 0.261. The van der Waals surface area contributed by atoms with Crippen LogP contribution in [0.3, 0.4) is 0 Å². The van der Waals surface area contributed by atoms with Gasteiger partial charge in [-0.25, -0.2) is 15.0 Å². The molecule has 0 radical (unpaired) electrons. The number of rotatable bonds is 9. The van der Waals surface area contributed by atoms with E-state index in [9.17, 15) is 0 Å². The zero-order chi connectivity index (χ0) is 20.8. The number of anilines is 2. The Morgan fingerprint density at radius 3 is 2.63 bits per heavy atom. The Labute approximate surface area is 176 Å². The monoisotopic (exact) mass is 402 g/mol. The molecule has 0 saturated carbocycles. The molecule has 0 aliphatic carbocycles. The molecule has 0 fully saturated rings. The van der Waals surface area contributed by atoms with Crippen LogP contribution in [0.5, 0.6) is 5.75 Å². The molecule has 3 aromatic heterocycles. The predicted octanol–water partition coefficient (Wildman–Crippen LogP) is 4.26. The van der Waals surface area contributed by atoms with E-state index in [1.165, 1.54) is 0 Å². The van der Waals surface area contributed by atoms with Crippen molar-refractivity contribution in [3.8, 4) is 17.1 Å². The van der Waals surface area contributed by atoms with E-state index in [4.69, 9.17) is 4.74 Å². The highest BCUT2D eigenvalue weighted by Gasteiger charge is 2.08. The second-order valence-electron chi connectivity index (χ2n) is 6.86. The molecular formula is C23H26N6O. The number of benzene rings is 1. The lowest BCUT2D eigenvalue weighted by Gasteiger charge is -2.18. The number of nitrogens with one attached hydrogen (secondary N) is 1. The number of pyridine rings is 1. The van der Waals surface area contributed by atoms with Crippen molar-refractivity contribution < 1.29 is 4.74 Å². The van der Waals surface area contributed by atoms with Crippen molar-refractivity contribution in [1.29, 1.82) is 0 Å². The summed E-state index contributed by atoms with van der Waals surface area (Å²) in [7, 11) is 0. The Hall–Kier alpha value is -3.45. The van der Waals surface area contributed by atoms with E-state index in [0.29, 0.717) is 12.6 Å². The minimum absolute atomic E-state index is 0.536. The number of likely N-dealkylation sites (N-methyl/N-ethyl adjacent to an activating group) is 1. The van der Waals surface area contributed by atoms with E-state index in [0.717, 1.165) is 48.1 Å². The number of fused-ring (bicyclic) bond motifs is 1. The molecule has 1 N–H and O–H groups in total. The van der Waals surface area contributed by atoms with Gasteiger partial charge >= 0.3 is 0 Å². The van der Waals surface area contributed by atoms with E-state index >= 15 is 0 Å². The fourth-order valence-corrected chi connectivity index (χ4v) is 3.28. The fourth-order valence-electron chi connectivity index (χ4n) is 3.28. The van der Waals surface area contributed by atoms with Crippen LogP contribution in [-0.2, 0) is 0 Å². The largest absolute Gasteiger partial charge is 0.492 e. The highest BCUT2D eigenvalue weighted by Crippen LogP contribution is 2.22.